The summed E-state index contributed by atoms with van der Waals surface area (Å²) in [6, 6.07) is 5.52. The van der Waals surface area contributed by atoms with Crippen LogP contribution in [0.15, 0.2) is 40.4 Å². The first-order valence-electron chi connectivity index (χ1n) is 10.9. The van der Waals surface area contributed by atoms with Crippen molar-refractivity contribution in [2.75, 3.05) is 25.4 Å². The van der Waals surface area contributed by atoms with E-state index in [-0.39, 0.29) is 35.7 Å². The molecule has 1 N–H and O–H groups in total. The number of nitrogens with zero attached hydrogens (tertiary/aromatic N) is 5. The van der Waals surface area contributed by atoms with Crippen molar-refractivity contribution in [3.8, 4) is 5.69 Å². The van der Waals surface area contributed by atoms with Crippen LogP contribution in [0.3, 0.4) is 0 Å². The Hall–Kier alpha value is -3.21. The topological polar surface area (TPSA) is 102 Å². The highest BCUT2D eigenvalue weighted by molar-refractivity contribution is 7.99. The zero-order valence-corrected chi connectivity index (χ0v) is 18.7. The Kier molecular flexibility index (Phi) is 5.88. The third-order valence-corrected chi connectivity index (χ3v) is 7.06. The molecule has 0 bridgehead atoms. The van der Waals surface area contributed by atoms with Crippen LogP contribution >= 0.6 is 11.8 Å². The van der Waals surface area contributed by atoms with E-state index >= 15 is 0 Å². The van der Waals surface area contributed by atoms with Crippen LogP contribution in [-0.2, 0) is 9.59 Å². The number of likely N-dealkylation sites (tertiary alicyclic amines) is 1. The van der Waals surface area contributed by atoms with Crippen LogP contribution in [0.1, 0.15) is 31.7 Å². The molecule has 1 saturated heterocycles. The summed E-state index contributed by atoms with van der Waals surface area (Å²) in [6.07, 6.45) is 3.87. The third-order valence-electron chi connectivity index (χ3n) is 5.96. The van der Waals surface area contributed by atoms with Crippen molar-refractivity contribution >= 4 is 34.6 Å². The predicted molar refractivity (Wildman–Crippen MR) is 121 cm³/mol. The Morgan fingerprint density at radius 1 is 1.24 bits per heavy atom. The minimum Gasteiger partial charge on any atom is -0.356 e. The first kappa shape index (κ1) is 21.6. The molecule has 0 saturated carbocycles. The summed E-state index contributed by atoms with van der Waals surface area (Å²) < 4.78 is 16.4. The fourth-order valence-electron chi connectivity index (χ4n) is 4.28. The molecule has 9 nitrogen and oxygen atoms in total. The highest BCUT2D eigenvalue weighted by Gasteiger charge is 2.29. The van der Waals surface area contributed by atoms with E-state index in [0.717, 1.165) is 13.0 Å². The predicted octanol–water partition coefficient (Wildman–Crippen LogP) is 1.89. The molecule has 0 aliphatic carbocycles. The lowest BCUT2D eigenvalue weighted by Gasteiger charge is -2.16. The van der Waals surface area contributed by atoms with Crippen LogP contribution in [0.25, 0.3) is 16.7 Å². The maximum Gasteiger partial charge on any atom is 0.265 e. The van der Waals surface area contributed by atoms with Gasteiger partial charge in [0.25, 0.3) is 5.56 Å². The van der Waals surface area contributed by atoms with Gasteiger partial charge in [-0.05, 0) is 37.1 Å². The summed E-state index contributed by atoms with van der Waals surface area (Å²) in [5.41, 5.74) is 0.781. The molecule has 172 valence electrons. The van der Waals surface area contributed by atoms with Crippen molar-refractivity contribution in [3.05, 3.63) is 46.6 Å². The maximum atomic E-state index is 13.3. The number of carbonyl (C=O) groups excluding carboxylic acids is 2. The van der Waals surface area contributed by atoms with Crippen molar-refractivity contribution in [1.29, 1.82) is 0 Å². The summed E-state index contributed by atoms with van der Waals surface area (Å²) in [7, 11) is 0. The van der Waals surface area contributed by atoms with E-state index in [1.165, 1.54) is 34.8 Å². The maximum absolute atomic E-state index is 13.3. The second kappa shape index (κ2) is 8.97. The van der Waals surface area contributed by atoms with Crippen LogP contribution in [-0.4, -0.2) is 61.4 Å². The number of thioether (sulfide) groups is 1. The van der Waals surface area contributed by atoms with Gasteiger partial charge in [0, 0.05) is 38.2 Å². The summed E-state index contributed by atoms with van der Waals surface area (Å²) in [5.74, 6) is 0.275. The van der Waals surface area contributed by atoms with Crippen LogP contribution in [0, 0.1) is 5.82 Å². The monoisotopic (exact) mass is 470 g/mol. The number of aromatic nitrogens is 4. The average Bonchev–Trinajstić information content (AvgIpc) is 3.51. The second-order valence-electron chi connectivity index (χ2n) is 8.20. The zero-order valence-electron chi connectivity index (χ0n) is 17.9. The van der Waals surface area contributed by atoms with Gasteiger partial charge in [-0.25, -0.2) is 14.1 Å². The first-order valence-corrected chi connectivity index (χ1v) is 11.9. The van der Waals surface area contributed by atoms with E-state index in [9.17, 15) is 18.8 Å². The van der Waals surface area contributed by atoms with E-state index in [2.05, 4.69) is 15.4 Å². The normalized spacial score (nSPS) is 17.7. The highest BCUT2D eigenvalue weighted by Crippen LogP contribution is 2.33. The number of hydrogen-bond donors (Lipinski definition) is 1. The zero-order chi connectivity index (χ0) is 22.9. The van der Waals surface area contributed by atoms with Crippen molar-refractivity contribution < 1.29 is 14.0 Å². The summed E-state index contributed by atoms with van der Waals surface area (Å²) >= 11 is 1.43. The van der Waals surface area contributed by atoms with Gasteiger partial charge in [0.1, 0.15) is 11.2 Å². The lowest BCUT2D eigenvalue weighted by molar-refractivity contribution is -0.127. The van der Waals surface area contributed by atoms with Crippen molar-refractivity contribution in [1.82, 2.24) is 29.5 Å². The Bertz CT molecular complexity index is 1270. The fourth-order valence-corrected chi connectivity index (χ4v) is 5.41. The van der Waals surface area contributed by atoms with Crippen molar-refractivity contribution in [2.24, 2.45) is 0 Å². The van der Waals surface area contributed by atoms with Crippen LogP contribution in [0.2, 0.25) is 0 Å². The van der Waals surface area contributed by atoms with E-state index in [4.69, 9.17) is 0 Å². The van der Waals surface area contributed by atoms with Gasteiger partial charge >= 0.3 is 0 Å². The molecule has 2 aliphatic heterocycles. The smallest absolute Gasteiger partial charge is 0.265 e. The van der Waals surface area contributed by atoms with Gasteiger partial charge in [0.2, 0.25) is 11.8 Å². The number of amides is 2. The van der Waals surface area contributed by atoms with E-state index in [0.29, 0.717) is 53.6 Å². The number of hydrogen-bond acceptors (Lipinski definition) is 6. The van der Waals surface area contributed by atoms with Crippen LogP contribution in [0.5, 0.6) is 0 Å². The number of rotatable bonds is 7. The number of carbonyl (C=O) groups is 2. The fraction of sp³-hybridized carbons (Fsp3) is 0.409. The van der Waals surface area contributed by atoms with Crippen molar-refractivity contribution in [3.63, 3.8) is 0 Å². The molecule has 1 atom stereocenters. The van der Waals surface area contributed by atoms with Gasteiger partial charge in [-0.3, -0.25) is 19.0 Å². The molecule has 11 heteroatoms. The Balaban J connectivity index is 1.27. The lowest BCUT2D eigenvalue weighted by atomic mass is 10.2. The molecule has 3 aromatic rings. The molecule has 2 aromatic heterocycles. The van der Waals surface area contributed by atoms with Gasteiger partial charge in [0.05, 0.1) is 17.9 Å². The molecule has 0 radical (unpaired) electrons. The minimum absolute atomic E-state index is 0.129. The highest BCUT2D eigenvalue weighted by atomic mass is 32.2. The molecule has 2 aliphatic rings. The van der Waals surface area contributed by atoms with E-state index in [1.54, 1.807) is 16.7 Å². The van der Waals surface area contributed by atoms with Gasteiger partial charge in [0.15, 0.2) is 10.8 Å². The van der Waals surface area contributed by atoms with Gasteiger partial charge < -0.3 is 10.2 Å². The summed E-state index contributed by atoms with van der Waals surface area (Å²) in [6.45, 7) is 1.94. The SMILES string of the molecule is O=C(CC1CSc2nc3c(cnn3-c3ccc(F)cc3)c(=O)n21)NCCCN1CCCC1=O. The Morgan fingerprint density at radius 3 is 2.82 bits per heavy atom. The number of benzene rings is 1. The van der Waals surface area contributed by atoms with Crippen LogP contribution in [0.4, 0.5) is 4.39 Å². The average molecular weight is 471 g/mol. The molecule has 1 fully saturated rings. The Morgan fingerprint density at radius 2 is 2.06 bits per heavy atom. The van der Waals surface area contributed by atoms with Gasteiger partial charge in [-0.2, -0.15) is 5.10 Å². The third kappa shape index (κ3) is 4.24. The quantitative estimate of drug-likeness (QED) is 0.418. The molecule has 1 aromatic carbocycles. The van der Waals surface area contributed by atoms with E-state index < -0.39 is 0 Å². The lowest BCUT2D eigenvalue weighted by Crippen LogP contribution is -2.33. The molecular formula is C22H23FN6O3S. The first-order chi connectivity index (χ1) is 16.0. The second-order valence-corrected chi connectivity index (χ2v) is 9.18. The minimum atomic E-state index is -0.356. The molecule has 5 rings (SSSR count). The van der Waals surface area contributed by atoms with Gasteiger partial charge in [-0.1, -0.05) is 11.8 Å². The molecule has 4 heterocycles. The number of halogens is 1. The van der Waals surface area contributed by atoms with Crippen LogP contribution < -0.4 is 10.9 Å². The molecule has 0 spiro atoms. The van der Waals surface area contributed by atoms with Gasteiger partial charge in [-0.15, -0.1) is 0 Å². The standard InChI is InChI=1S/C22H23FN6O3S/c23-14-4-6-15(7-5-14)29-20-17(12-25-29)21(32)28-16(13-33-22(28)26-20)11-18(30)24-8-2-10-27-9-1-3-19(27)31/h4-7,12,16H,1-3,8-11,13H2,(H,24,30). The summed E-state index contributed by atoms with van der Waals surface area (Å²) in [4.78, 5) is 43.8. The molecule has 33 heavy (non-hydrogen) atoms. The number of fused-ring (bicyclic) bond motifs is 2. The largest absolute Gasteiger partial charge is 0.356 e. The van der Waals surface area contributed by atoms with E-state index in [1.807, 2.05) is 4.90 Å². The molecule has 2 amide bonds. The molecule has 1 unspecified atom stereocenters. The molecular weight excluding hydrogens is 447 g/mol. The van der Waals surface area contributed by atoms with Crippen molar-refractivity contribution in [2.45, 2.75) is 36.9 Å². The number of nitrogens with one attached hydrogen (secondary N) is 1. The summed E-state index contributed by atoms with van der Waals surface area (Å²) in [5, 5.41) is 8.07. The Labute approximate surface area is 193 Å².